The predicted molar refractivity (Wildman–Crippen MR) is 93.9 cm³/mol. The van der Waals surface area contributed by atoms with Crippen molar-refractivity contribution in [2.45, 2.75) is 26.4 Å². The predicted octanol–water partition coefficient (Wildman–Crippen LogP) is 4.00. The lowest BCUT2D eigenvalue weighted by atomic mass is 10.1. The van der Waals surface area contributed by atoms with E-state index in [-0.39, 0.29) is 12.1 Å². The summed E-state index contributed by atoms with van der Waals surface area (Å²) in [6.45, 7) is 5.31. The van der Waals surface area contributed by atoms with Crippen molar-refractivity contribution in [1.29, 1.82) is 0 Å². The summed E-state index contributed by atoms with van der Waals surface area (Å²) in [6, 6.07) is 7.78. The molecule has 0 N–H and O–H groups in total. The van der Waals surface area contributed by atoms with Crippen LogP contribution in [0.1, 0.15) is 35.5 Å². The summed E-state index contributed by atoms with van der Waals surface area (Å²) in [5, 5.41) is 2.10. The Bertz CT molecular complexity index is 708. The van der Waals surface area contributed by atoms with Crippen molar-refractivity contribution >= 4 is 28.7 Å². The van der Waals surface area contributed by atoms with E-state index < -0.39 is 0 Å². The quantitative estimate of drug-likeness (QED) is 0.796. The number of carbonyl (C=O) groups is 1. The number of hydrogen-bond acceptors (Lipinski definition) is 5. The van der Waals surface area contributed by atoms with Crippen LogP contribution in [0.25, 0.3) is 5.57 Å². The Morgan fingerprint density at radius 2 is 2.22 bits per heavy atom. The molecular weight excluding hydrogens is 308 g/mol. The normalized spacial score (nSPS) is 14.7. The zero-order valence-electron chi connectivity index (χ0n) is 13.4. The summed E-state index contributed by atoms with van der Waals surface area (Å²) in [5.74, 6) is 0.399. The van der Waals surface area contributed by atoms with E-state index >= 15 is 0 Å². The van der Waals surface area contributed by atoms with Gasteiger partial charge in [0.15, 0.2) is 0 Å². The topological polar surface area (TPSA) is 42.4 Å². The summed E-state index contributed by atoms with van der Waals surface area (Å²) in [4.78, 5) is 20.1. The largest absolute Gasteiger partial charge is 0.459 e. The maximum atomic E-state index is 12.3. The third kappa shape index (κ3) is 3.62. The van der Waals surface area contributed by atoms with Crippen LogP contribution < -0.4 is 4.90 Å². The summed E-state index contributed by atoms with van der Waals surface area (Å²) < 4.78 is 5.33. The van der Waals surface area contributed by atoms with Gasteiger partial charge in [-0.15, -0.1) is 11.3 Å². The van der Waals surface area contributed by atoms with Crippen molar-refractivity contribution in [3.8, 4) is 0 Å². The Hall–Kier alpha value is -2.14. The lowest BCUT2D eigenvalue weighted by Crippen LogP contribution is -2.31. The fourth-order valence-corrected chi connectivity index (χ4v) is 3.43. The van der Waals surface area contributed by atoms with Crippen molar-refractivity contribution in [3.05, 3.63) is 52.4 Å². The Morgan fingerprint density at radius 3 is 2.87 bits per heavy atom. The van der Waals surface area contributed by atoms with E-state index in [0.29, 0.717) is 11.4 Å². The molecule has 0 aromatic carbocycles. The van der Waals surface area contributed by atoms with E-state index in [1.807, 2.05) is 13.8 Å². The highest BCUT2D eigenvalue weighted by molar-refractivity contribution is 7.11. The standard InChI is InChI=1S/C18H20N2O2S/c1-13(2)22-18(21)15-5-3-9-19-17(15)20-10-7-14(8-11-20)16-6-4-12-23-16/h3-7,9,12-13H,8,10-11H2,1-2H3. The van der Waals surface area contributed by atoms with Gasteiger partial charge >= 0.3 is 5.97 Å². The Labute approximate surface area is 140 Å². The molecular formula is C18H20N2O2S. The second kappa shape index (κ2) is 6.96. The molecule has 3 heterocycles. The Balaban J connectivity index is 1.80. The lowest BCUT2D eigenvalue weighted by molar-refractivity contribution is 0.0378. The Morgan fingerprint density at radius 1 is 1.35 bits per heavy atom. The van der Waals surface area contributed by atoms with Crippen molar-refractivity contribution < 1.29 is 9.53 Å². The third-order valence-electron chi connectivity index (χ3n) is 3.70. The first-order chi connectivity index (χ1) is 11.1. The van der Waals surface area contributed by atoms with Gasteiger partial charge in [-0.3, -0.25) is 0 Å². The number of anilines is 1. The van der Waals surface area contributed by atoms with Crippen molar-refractivity contribution in [2.24, 2.45) is 0 Å². The minimum atomic E-state index is -0.309. The molecule has 0 saturated carbocycles. The third-order valence-corrected chi connectivity index (χ3v) is 4.64. The molecule has 1 aliphatic rings. The maximum Gasteiger partial charge on any atom is 0.342 e. The number of nitrogens with zero attached hydrogens (tertiary/aromatic N) is 2. The first-order valence-electron chi connectivity index (χ1n) is 7.79. The van der Waals surface area contributed by atoms with Crippen LogP contribution in [-0.4, -0.2) is 30.1 Å². The molecule has 0 atom stereocenters. The molecule has 0 saturated heterocycles. The molecule has 0 spiro atoms. The maximum absolute atomic E-state index is 12.3. The monoisotopic (exact) mass is 328 g/mol. The van der Waals surface area contributed by atoms with Crippen molar-refractivity contribution in [2.75, 3.05) is 18.0 Å². The van der Waals surface area contributed by atoms with E-state index in [2.05, 4.69) is 33.5 Å². The average Bonchev–Trinajstić information content (AvgIpc) is 3.09. The molecule has 1 aliphatic heterocycles. The van der Waals surface area contributed by atoms with Crippen molar-refractivity contribution in [3.63, 3.8) is 0 Å². The van der Waals surface area contributed by atoms with Crippen LogP contribution in [0.3, 0.4) is 0 Å². The number of rotatable bonds is 4. The molecule has 120 valence electrons. The summed E-state index contributed by atoms with van der Waals surface area (Å²) >= 11 is 1.76. The molecule has 0 radical (unpaired) electrons. The SMILES string of the molecule is CC(C)OC(=O)c1cccnc1N1CC=C(c2cccs2)CC1. The first-order valence-corrected chi connectivity index (χ1v) is 8.67. The molecule has 0 amide bonds. The fraction of sp³-hybridized carbons (Fsp3) is 0.333. The highest BCUT2D eigenvalue weighted by Crippen LogP contribution is 2.29. The molecule has 2 aromatic rings. The van der Waals surface area contributed by atoms with Gasteiger partial charge < -0.3 is 9.64 Å². The molecule has 0 fully saturated rings. The second-order valence-electron chi connectivity index (χ2n) is 5.73. The zero-order valence-corrected chi connectivity index (χ0v) is 14.2. The molecule has 3 rings (SSSR count). The summed E-state index contributed by atoms with van der Waals surface area (Å²) in [6.07, 6.45) is 4.76. The van der Waals surface area contributed by atoms with Gasteiger partial charge in [0, 0.05) is 24.2 Å². The number of carbonyl (C=O) groups excluding carboxylic acids is 1. The number of hydrogen-bond donors (Lipinski definition) is 0. The number of pyridine rings is 1. The van der Waals surface area contributed by atoms with Crippen molar-refractivity contribution in [1.82, 2.24) is 4.98 Å². The van der Waals surface area contributed by atoms with Crippen LogP contribution in [-0.2, 0) is 4.74 Å². The molecule has 5 heteroatoms. The fourth-order valence-electron chi connectivity index (χ4n) is 2.63. The highest BCUT2D eigenvalue weighted by Gasteiger charge is 2.21. The van der Waals surface area contributed by atoms with Crippen LogP contribution in [0.15, 0.2) is 41.9 Å². The van der Waals surface area contributed by atoms with Crippen LogP contribution in [0.4, 0.5) is 5.82 Å². The van der Waals surface area contributed by atoms with Gasteiger partial charge in [0.2, 0.25) is 0 Å². The minimum absolute atomic E-state index is 0.137. The van der Waals surface area contributed by atoms with Gasteiger partial charge in [-0.25, -0.2) is 9.78 Å². The number of aromatic nitrogens is 1. The molecule has 4 nitrogen and oxygen atoms in total. The summed E-state index contributed by atoms with van der Waals surface area (Å²) in [7, 11) is 0. The summed E-state index contributed by atoms with van der Waals surface area (Å²) in [5.41, 5.74) is 1.91. The van der Waals surface area contributed by atoms with Crippen LogP contribution >= 0.6 is 11.3 Å². The smallest absolute Gasteiger partial charge is 0.342 e. The van der Waals surface area contributed by atoms with Gasteiger partial charge in [0.25, 0.3) is 0 Å². The van der Waals surface area contributed by atoms with E-state index in [9.17, 15) is 4.79 Å². The molecule has 2 aromatic heterocycles. The van der Waals surface area contributed by atoms with Gasteiger partial charge in [0.1, 0.15) is 11.4 Å². The molecule has 0 bridgehead atoms. The zero-order chi connectivity index (χ0) is 16.2. The first kappa shape index (κ1) is 15.7. The molecule has 23 heavy (non-hydrogen) atoms. The van der Waals surface area contributed by atoms with Gasteiger partial charge in [-0.1, -0.05) is 12.1 Å². The Kier molecular flexibility index (Phi) is 4.76. The number of esters is 1. The minimum Gasteiger partial charge on any atom is -0.459 e. The second-order valence-corrected chi connectivity index (χ2v) is 6.68. The molecule has 0 unspecified atom stereocenters. The van der Waals surface area contributed by atoms with E-state index in [0.717, 1.165) is 19.5 Å². The van der Waals surface area contributed by atoms with Crippen LogP contribution in [0.2, 0.25) is 0 Å². The van der Waals surface area contributed by atoms with Gasteiger partial charge in [0.05, 0.1) is 6.10 Å². The molecule has 0 aliphatic carbocycles. The lowest BCUT2D eigenvalue weighted by Gasteiger charge is -2.28. The van der Waals surface area contributed by atoms with E-state index in [1.165, 1.54) is 10.5 Å². The van der Waals surface area contributed by atoms with E-state index in [4.69, 9.17) is 4.74 Å². The van der Waals surface area contributed by atoms with Gasteiger partial charge in [-0.2, -0.15) is 0 Å². The van der Waals surface area contributed by atoms with Crippen LogP contribution in [0.5, 0.6) is 0 Å². The van der Waals surface area contributed by atoms with Crippen LogP contribution in [0, 0.1) is 0 Å². The number of ether oxygens (including phenoxy) is 1. The van der Waals surface area contributed by atoms with E-state index in [1.54, 1.807) is 29.7 Å². The highest BCUT2D eigenvalue weighted by atomic mass is 32.1. The number of thiophene rings is 1. The average molecular weight is 328 g/mol. The van der Waals surface area contributed by atoms with Gasteiger partial charge in [-0.05, 0) is 49.4 Å².